The predicted molar refractivity (Wildman–Crippen MR) is 74.8 cm³/mol. The molecule has 1 aromatic carbocycles. The van der Waals surface area contributed by atoms with Crippen LogP contribution in [0.25, 0.3) is 10.4 Å². The lowest BCUT2D eigenvalue weighted by Gasteiger charge is -2.11. The minimum Gasteiger partial charge on any atom is -0.496 e. The molecule has 2 aromatic rings. The summed E-state index contributed by atoms with van der Waals surface area (Å²) >= 11 is 1.58. The van der Waals surface area contributed by atoms with Gasteiger partial charge in [-0.25, -0.2) is 0 Å². The highest BCUT2D eigenvalue weighted by atomic mass is 32.1. The summed E-state index contributed by atoms with van der Waals surface area (Å²) in [5, 5.41) is 0.829. The van der Waals surface area contributed by atoms with Crippen LogP contribution < -0.4 is 10.5 Å². The van der Waals surface area contributed by atoms with Crippen LogP contribution >= 0.6 is 11.3 Å². The molecule has 0 aliphatic carbocycles. The van der Waals surface area contributed by atoms with Crippen LogP contribution in [0.2, 0.25) is 0 Å². The molecular formula is C14H17NOS. The molecule has 0 atom stereocenters. The fourth-order valence-corrected chi connectivity index (χ4v) is 2.57. The van der Waals surface area contributed by atoms with Gasteiger partial charge in [0.05, 0.1) is 12.1 Å². The van der Waals surface area contributed by atoms with E-state index < -0.39 is 0 Å². The summed E-state index contributed by atoms with van der Waals surface area (Å²) in [5.74, 6) is 1.42. The molecule has 2 N–H and O–H groups in total. The third-order valence-corrected chi connectivity index (χ3v) is 3.73. The minimum atomic E-state index is 0.506. The van der Waals surface area contributed by atoms with Crippen molar-refractivity contribution in [2.24, 2.45) is 0 Å². The van der Waals surface area contributed by atoms with Crippen molar-refractivity contribution in [3.8, 4) is 16.2 Å². The fourth-order valence-electron chi connectivity index (χ4n) is 1.77. The van der Waals surface area contributed by atoms with E-state index >= 15 is 0 Å². The smallest absolute Gasteiger partial charge is 0.127 e. The summed E-state index contributed by atoms with van der Waals surface area (Å²) in [5.41, 5.74) is 8.16. The first-order valence-corrected chi connectivity index (χ1v) is 6.47. The molecule has 0 saturated heterocycles. The average molecular weight is 247 g/mol. The minimum absolute atomic E-state index is 0.506. The lowest BCUT2D eigenvalue weighted by molar-refractivity contribution is 0.416. The van der Waals surface area contributed by atoms with Gasteiger partial charge < -0.3 is 10.5 Å². The number of nitrogen functional groups attached to an aromatic ring is 1. The van der Waals surface area contributed by atoms with Crippen molar-refractivity contribution in [3.05, 3.63) is 35.9 Å². The monoisotopic (exact) mass is 247 g/mol. The fraction of sp³-hybridized carbons (Fsp3) is 0.286. The van der Waals surface area contributed by atoms with Gasteiger partial charge in [-0.15, -0.1) is 11.3 Å². The largest absolute Gasteiger partial charge is 0.496 e. The lowest BCUT2D eigenvalue weighted by Crippen LogP contribution is -1.92. The van der Waals surface area contributed by atoms with E-state index in [9.17, 15) is 0 Å². The number of rotatable bonds is 3. The van der Waals surface area contributed by atoms with Crippen LogP contribution in [-0.4, -0.2) is 7.11 Å². The standard InChI is InChI=1S/C14H17NOS/c1-9(2)10-4-5-11(12(8-10)16-3)13-6-7-14(15)17-13/h4-9H,15H2,1-3H3. The summed E-state index contributed by atoms with van der Waals surface area (Å²) in [6.45, 7) is 4.36. The molecule has 90 valence electrons. The molecule has 1 aromatic heterocycles. The molecule has 0 radical (unpaired) electrons. The molecule has 0 fully saturated rings. The Morgan fingerprint density at radius 1 is 1.18 bits per heavy atom. The van der Waals surface area contributed by atoms with E-state index in [-0.39, 0.29) is 0 Å². The number of benzene rings is 1. The number of hydrogen-bond acceptors (Lipinski definition) is 3. The van der Waals surface area contributed by atoms with Gasteiger partial charge in [0.1, 0.15) is 5.75 Å². The summed E-state index contributed by atoms with van der Waals surface area (Å²) in [4.78, 5) is 1.15. The van der Waals surface area contributed by atoms with Crippen molar-refractivity contribution in [1.29, 1.82) is 0 Å². The Morgan fingerprint density at radius 3 is 2.47 bits per heavy atom. The first kappa shape index (κ1) is 12.0. The van der Waals surface area contributed by atoms with Crippen LogP contribution in [0.15, 0.2) is 30.3 Å². The molecule has 2 rings (SSSR count). The number of ether oxygens (including phenoxy) is 1. The number of methoxy groups -OCH3 is 1. The van der Waals surface area contributed by atoms with E-state index in [0.29, 0.717) is 5.92 Å². The summed E-state index contributed by atoms with van der Waals surface area (Å²) in [6, 6.07) is 10.3. The maximum absolute atomic E-state index is 5.76. The molecule has 2 nitrogen and oxygen atoms in total. The maximum atomic E-state index is 5.76. The van der Waals surface area contributed by atoms with Crippen molar-refractivity contribution >= 4 is 16.3 Å². The summed E-state index contributed by atoms with van der Waals surface area (Å²) in [6.07, 6.45) is 0. The van der Waals surface area contributed by atoms with Crippen LogP contribution in [0.4, 0.5) is 5.00 Å². The molecule has 0 aliphatic heterocycles. The lowest BCUT2D eigenvalue weighted by atomic mass is 10.0. The zero-order chi connectivity index (χ0) is 12.4. The molecule has 0 unspecified atom stereocenters. The topological polar surface area (TPSA) is 35.2 Å². The molecule has 1 heterocycles. The molecule has 0 amide bonds. The third kappa shape index (κ3) is 2.44. The van der Waals surface area contributed by atoms with E-state index in [1.54, 1.807) is 18.4 Å². The number of anilines is 1. The van der Waals surface area contributed by atoms with Crippen LogP contribution in [0.5, 0.6) is 5.75 Å². The second-order valence-electron chi connectivity index (χ2n) is 4.32. The Hall–Kier alpha value is -1.48. The van der Waals surface area contributed by atoms with Gasteiger partial charge in [0, 0.05) is 10.4 Å². The van der Waals surface area contributed by atoms with Crippen LogP contribution in [0, 0.1) is 0 Å². The SMILES string of the molecule is COc1cc(C(C)C)ccc1-c1ccc(N)s1. The third-order valence-electron chi connectivity index (χ3n) is 2.78. The maximum Gasteiger partial charge on any atom is 0.127 e. The highest BCUT2D eigenvalue weighted by molar-refractivity contribution is 7.19. The van der Waals surface area contributed by atoms with E-state index in [4.69, 9.17) is 10.5 Å². The number of thiophene rings is 1. The zero-order valence-corrected chi connectivity index (χ0v) is 11.2. The van der Waals surface area contributed by atoms with Gasteiger partial charge in [-0.1, -0.05) is 19.9 Å². The molecule has 3 heteroatoms. The molecule has 0 aliphatic rings. The normalized spacial score (nSPS) is 10.8. The first-order valence-electron chi connectivity index (χ1n) is 5.65. The second-order valence-corrected chi connectivity index (χ2v) is 5.43. The van der Waals surface area contributed by atoms with E-state index in [0.717, 1.165) is 21.2 Å². The molecule has 0 spiro atoms. The van der Waals surface area contributed by atoms with Crippen molar-refractivity contribution in [2.45, 2.75) is 19.8 Å². The Kier molecular flexibility index (Phi) is 3.38. The predicted octanol–water partition coefficient (Wildman–Crippen LogP) is 4.13. The van der Waals surface area contributed by atoms with Gasteiger partial charge in [0.15, 0.2) is 0 Å². The van der Waals surface area contributed by atoms with Gasteiger partial charge in [-0.3, -0.25) is 0 Å². The number of hydrogen-bond donors (Lipinski definition) is 1. The van der Waals surface area contributed by atoms with Gasteiger partial charge >= 0.3 is 0 Å². The molecule has 17 heavy (non-hydrogen) atoms. The van der Waals surface area contributed by atoms with Crippen LogP contribution in [0.1, 0.15) is 25.3 Å². The van der Waals surface area contributed by atoms with Gasteiger partial charge in [0.2, 0.25) is 0 Å². The first-order chi connectivity index (χ1) is 8.11. The highest BCUT2D eigenvalue weighted by Crippen LogP contribution is 2.37. The van der Waals surface area contributed by atoms with Crippen molar-refractivity contribution in [2.75, 3.05) is 12.8 Å². The Labute approximate surface area is 106 Å². The van der Waals surface area contributed by atoms with Gasteiger partial charge in [-0.05, 0) is 35.7 Å². The quantitative estimate of drug-likeness (QED) is 0.885. The molecule has 0 saturated carbocycles. The van der Waals surface area contributed by atoms with E-state index in [1.807, 2.05) is 12.1 Å². The van der Waals surface area contributed by atoms with Crippen LogP contribution in [-0.2, 0) is 0 Å². The van der Waals surface area contributed by atoms with E-state index in [2.05, 4.69) is 32.0 Å². The zero-order valence-electron chi connectivity index (χ0n) is 10.4. The Bertz CT molecular complexity index is 517. The number of nitrogens with two attached hydrogens (primary N) is 1. The summed E-state index contributed by atoms with van der Waals surface area (Å²) in [7, 11) is 1.71. The molecule has 0 bridgehead atoms. The summed E-state index contributed by atoms with van der Waals surface area (Å²) < 4.78 is 5.47. The van der Waals surface area contributed by atoms with Gasteiger partial charge in [0.25, 0.3) is 0 Å². The van der Waals surface area contributed by atoms with Gasteiger partial charge in [-0.2, -0.15) is 0 Å². The highest BCUT2D eigenvalue weighted by Gasteiger charge is 2.10. The molecular weight excluding hydrogens is 230 g/mol. The van der Waals surface area contributed by atoms with Crippen molar-refractivity contribution in [3.63, 3.8) is 0 Å². The van der Waals surface area contributed by atoms with E-state index in [1.165, 1.54) is 5.56 Å². The van der Waals surface area contributed by atoms with Crippen molar-refractivity contribution < 1.29 is 4.74 Å². The van der Waals surface area contributed by atoms with Crippen molar-refractivity contribution in [1.82, 2.24) is 0 Å². The Balaban J connectivity index is 2.48. The Morgan fingerprint density at radius 2 is 1.94 bits per heavy atom. The van der Waals surface area contributed by atoms with Crippen LogP contribution in [0.3, 0.4) is 0 Å². The average Bonchev–Trinajstić information content (AvgIpc) is 2.74. The second kappa shape index (κ2) is 4.80.